The molecule has 3 heteroatoms. The molecule has 0 atom stereocenters. The van der Waals surface area contributed by atoms with Crippen molar-refractivity contribution in [3.8, 4) is 0 Å². The number of nitrogens with zero attached hydrogens (tertiary/aromatic N) is 3. The van der Waals surface area contributed by atoms with Crippen LogP contribution < -0.4 is 4.57 Å². The highest BCUT2D eigenvalue weighted by Gasteiger charge is 2.30. The Morgan fingerprint density at radius 1 is 1.00 bits per heavy atom. The van der Waals surface area contributed by atoms with Gasteiger partial charge in [-0.3, -0.25) is 4.40 Å². The normalized spacial score (nSPS) is 17.2. The van der Waals surface area contributed by atoms with Gasteiger partial charge in [-0.1, -0.05) is 19.9 Å². The van der Waals surface area contributed by atoms with E-state index in [0.717, 1.165) is 5.65 Å². The second kappa shape index (κ2) is 6.69. The van der Waals surface area contributed by atoms with Crippen LogP contribution in [-0.4, -0.2) is 9.38 Å². The van der Waals surface area contributed by atoms with Gasteiger partial charge in [0.15, 0.2) is 6.20 Å². The summed E-state index contributed by atoms with van der Waals surface area (Å²) in [5.74, 6) is 0.637. The molecule has 170 valence electrons. The fourth-order valence-electron chi connectivity index (χ4n) is 6.71. The van der Waals surface area contributed by atoms with Gasteiger partial charge in [0.2, 0.25) is 5.52 Å². The molecule has 7 rings (SSSR count). The summed E-state index contributed by atoms with van der Waals surface area (Å²) < 4.78 is 4.79. The van der Waals surface area contributed by atoms with Gasteiger partial charge in [-0.2, -0.15) is 0 Å². The summed E-state index contributed by atoms with van der Waals surface area (Å²) in [6.07, 6.45) is 9.36. The molecule has 0 radical (unpaired) electrons. The largest absolute Gasteiger partial charge is 0.292 e. The summed E-state index contributed by atoms with van der Waals surface area (Å²) in [4.78, 5) is 4.92. The van der Waals surface area contributed by atoms with E-state index in [-0.39, 0.29) is 0 Å². The number of pyridine rings is 3. The summed E-state index contributed by atoms with van der Waals surface area (Å²) in [7, 11) is 2.19. The summed E-state index contributed by atoms with van der Waals surface area (Å²) in [6, 6.07) is 14.0. The first-order chi connectivity index (χ1) is 16.3. The zero-order chi connectivity index (χ0) is 23.4. The lowest BCUT2D eigenvalue weighted by Gasteiger charge is -2.34. The van der Waals surface area contributed by atoms with Gasteiger partial charge in [-0.15, -0.1) is 0 Å². The number of hydrogen-bond donors (Lipinski definition) is 0. The van der Waals surface area contributed by atoms with Crippen LogP contribution in [0.4, 0.5) is 0 Å². The average Bonchev–Trinajstić information content (AvgIpc) is 3.14. The molecule has 4 heterocycles. The molecule has 6 aromatic rings. The molecule has 1 saturated carbocycles. The molecule has 1 fully saturated rings. The first-order valence-electron chi connectivity index (χ1n) is 12.7. The van der Waals surface area contributed by atoms with E-state index in [1.807, 2.05) is 6.20 Å². The molecule has 0 unspecified atom stereocenters. The van der Waals surface area contributed by atoms with E-state index in [2.05, 4.69) is 86.3 Å². The van der Waals surface area contributed by atoms with Crippen molar-refractivity contribution in [2.24, 2.45) is 12.5 Å². The Kier molecular flexibility index (Phi) is 3.97. The Morgan fingerprint density at radius 2 is 1.79 bits per heavy atom. The quantitative estimate of drug-likeness (QED) is 0.145. The van der Waals surface area contributed by atoms with E-state index in [0.29, 0.717) is 11.3 Å². The predicted octanol–water partition coefficient (Wildman–Crippen LogP) is 7.51. The van der Waals surface area contributed by atoms with Gasteiger partial charge in [0.1, 0.15) is 12.7 Å². The summed E-state index contributed by atoms with van der Waals surface area (Å²) >= 11 is 0. The minimum atomic E-state index is 0.476. The first kappa shape index (κ1) is 20.2. The number of rotatable bonds is 1. The van der Waals surface area contributed by atoms with Crippen LogP contribution >= 0.6 is 0 Å². The summed E-state index contributed by atoms with van der Waals surface area (Å²) in [6.45, 7) is 9.38. The van der Waals surface area contributed by atoms with Gasteiger partial charge in [0.25, 0.3) is 0 Å². The maximum Gasteiger partial charge on any atom is 0.224 e. The fraction of sp³-hybridized carbons (Fsp3) is 0.355. The van der Waals surface area contributed by atoms with Crippen molar-refractivity contribution in [3.63, 3.8) is 0 Å². The van der Waals surface area contributed by atoms with Crippen molar-refractivity contribution in [2.75, 3.05) is 0 Å². The van der Waals surface area contributed by atoms with Crippen molar-refractivity contribution in [1.82, 2.24) is 9.38 Å². The molecule has 0 aliphatic heterocycles. The first-order valence-corrected chi connectivity index (χ1v) is 12.7. The fourth-order valence-corrected chi connectivity index (χ4v) is 6.71. The molecule has 3 nitrogen and oxygen atoms in total. The zero-order valence-electron chi connectivity index (χ0n) is 20.9. The van der Waals surface area contributed by atoms with Gasteiger partial charge in [-0.05, 0) is 97.2 Å². The van der Waals surface area contributed by atoms with Crippen molar-refractivity contribution >= 4 is 49.1 Å². The molecule has 1 aliphatic rings. The van der Waals surface area contributed by atoms with Crippen molar-refractivity contribution < 1.29 is 4.57 Å². The van der Waals surface area contributed by atoms with E-state index in [1.54, 1.807) is 0 Å². The highest BCUT2D eigenvalue weighted by molar-refractivity contribution is 6.25. The standard InChI is InChI=1S/C31H32N3/c1-18-15-24-23-7-6-13-32-30(23)34-25-17-22(20-8-11-31(3,4)12-9-20)16-21-10-14-33(5)29(27(21)25)26(19(18)2)28(24)34/h6-7,10,13-17,20H,8-9,11-12H2,1-5H3/q+1. The predicted molar refractivity (Wildman–Crippen MR) is 142 cm³/mol. The van der Waals surface area contributed by atoms with Crippen LogP contribution in [-0.2, 0) is 7.05 Å². The van der Waals surface area contributed by atoms with E-state index < -0.39 is 0 Å². The number of hydrogen-bond acceptors (Lipinski definition) is 1. The number of fused-ring (bicyclic) bond motifs is 5. The molecule has 2 aromatic carbocycles. The third-order valence-electron chi connectivity index (χ3n) is 8.86. The van der Waals surface area contributed by atoms with Gasteiger partial charge < -0.3 is 0 Å². The maximum absolute atomic E-state index is 4.92. The van der Waals surface area contributed by atoms with Crippen LogP contribution in [0.5, 0.6) is 0 Å². The lowest BCUT2D eigenvalue weighted by Crippen LogP contribution is -2.29. The monoisotopic (exact) mass is 446 g/mol. The molecule has 0 bridgehead atoms. The Labute approximate surface area is 200 Å². The zero-order valence-corrected chi connectivity index (χ0v) is 20.9. The van der Waals surface area contributed by atoms with Crippen molar-refractivity contribution in [2.45, 2.75) is 59.3 Å². The third-order valence-corrected chi connectivity index (χ3v) is 8.86. The summed E-state index contributed by atoms with van der Waals surface area (Å²) in [5.41, 5.74) is 9.71. The second-order valence-corrected chi connectivity index (χ2v) is 11.5. The molecule has 34 heavy (non-hydrogen) atoms. The van der Waals surface area contributed by atoms with Crippen LogP contribution in [0.2, 0.25) is 0 Å². The van der Waals surface area contributed by atoms with Crippen LogP contribution in [0.15, 0.2) is 48.8 Å². The average molecular weight is 447 g/mol. The molecule has 0 saturated heterocycles. The van der Waals surface area contributed by atoms with Gasteiger partial charge in [0.05, 0.1) is 21.8 Å². The van der Waals surface area contributed by atoms with E-state index in [1.165, 1.54) is 85.9 Å². The number of benzene rings is 2. The lowest BCUT2D eigenvalue weighted by atomic mass is 9.71. The Balaban J connectivity index is 1.69. The molecule has 1 aliphatic carbocycles. The Morgan fingerprint density at radius 3 is 2.59 bits per heavy atom. The minimum Gasteiger partial charge on any atom is -0.292 e. The summed E-state index contributed by atoms with van der Waals surface area (Å²) in [5, 5.41) is 6.63. The third kappa shape index (κ3) is 2.58. The molecule has 4 aromatic heterocycles. The molecule has 0 spiro atoms. The smallest absolute Gasteiger partial charge is 0.224 e. The number of aryl methyl sites for hydroxylation is 3. The van der Waals surface area contributed by atoms with Crippen LogP contribution in [0, 0.1) is 19.3 Å². The highest BCUT2D eigenvalue weighted by atomic mass is 15.0. The lowest BCUT2D eigenvalue weighted by molar-refractivity contribution is -0.643. The number of aromatic nitrogens is 3. The van der Waals surface area contributed by atoms with Gasteiger partial charge >= 0.3 is 0 Å². The topological polar surface area (TPSA) is 21.2 Å². The van der Waals surface area contributed by atoms with Crippen LogP contribution in [0.3, 0.4) is 0 Å². The Bertz CT molecular complexity index is 1760. The van der Waals surface area contributed by atoms with Crippen molar-refractivity contribution in [3.05, 3.63) is 65.5 Å². The highest BCUT2D eigenvalue weighted by Crippen LogP contribution is 2.45. The Hall–Kier alpha value is -3.20. The SMILES string of the molecule is Cc1cc2c3cccnc3n3c4cc(C5CCC(C)(C)CC5)cc5cc[n+](C)c(c(c1C)c23)c54. The van der Waals surface area contributed by atoms with Crippen molar-refractivity contribution in [1.29, 1.82) is 0 Å². The van der Waals surface area contributed by atoms with E-state index in [9.17, 15) is 0 Å². The van der Waals surface area contributed by atoms with Crippen LogP contribution in [0.25, 0.3) is 49.1 Å². The molecular formula is C31H32N3+. The van der Waals surface area contributed by atoms with E-state index >= 15 is 0 Å². The van der Waals surface area contributed by atoms with Gasteiger partial charge in [0, 0.05) is 23.0 Å². The van der Waals surface area contributed by atoms with E-state index in [4.69, 9.17) is 4.98 Å². The minimum absolute atomic E-state index is 0.476. The molecule has 0 N–H and O–H groups in total. The molecule has 0 amide bonds. The maximum atomic E-state index is 4.92. The second-order valence-electron chi connectivity index (χ2n) is 11.5. The van der Waals surface area contributed by atoms with Crippen LogP contribution in [0.1, 0.15) is 62.1 Å². The molecular weight excluding hydrogens is 414 g/mol. The van der Waals surface area contributed by atoms with Gasteiger partial charge in [-0.25, -0.2) is 9.55 Å².